The molecule has 1 N–H and O–H groups in total. The number of carbonyl (C=O) groups excluding carboxylic acids is 1. The van der Waals surface area contributed by atoms with Gasteiger partial charge in [0.25, 0.3) is 0 Å². The van der Waals surface area contributed by atoms with Gasteiger partial charge in [-0.3, -0.25) is 0 Å². The molecule has 1 amide bonds. The zero-order valence-electron chi connectivity index (χ0n) is 11.9. The zero-order valence-corrected chi connectivity index (χ0v) is 11.9. The Hall–Kier alpha value is -2.29. The van der Waals surface area contributed by atoms with Gasteiger partial charge in [-0.1, -0.05) is 0 Å². The normalized spacial score (nSPS) is 15.2. The monoisotopic (exact) mass is 274 g/mol. The number of pyridine rings is 1. The lowest BCUT2D eigenvalue weighted by molar-refractivity contribution is 0.0496. The van der Waals surface area contributed by atoms with Crippen LogP contribution in [0.1, 0.15) is 26.5 Å². The number of nitrogens with zero attached hydrogens (tertiary/aromatic N) is 3. The quantitative estimate of drug-likeness (QED) is 0.887. The minimum Gasteiger partial charge on any atom is -0.444 e. The molecule has 6 heteroatoms. The predicted molar refractivity (Wildman–Crippen MR) is 74.3 cm³/mol. The van der Waals surface area contributed by atoms with Crippen molar-refractivity contribution >= 4 is 11.8 Å². The van der Waals surface area contributed by atoms with Crippen molar-refractivity contribution < 1.29 is 9.53 Å². The van der Waals surface area contributed by atoms with Gasteiger partial charge in [-0.15, -0.1) is 0 Å². The van der Waals surface area contributed by atoms with Crippen molar-refractivity contribution in [3.8, 4) is 6.07 Å². The highest BCUT2D eigenvalue weighted by atomic mass is 16.6. The van der Waals surface area contributed by atoms with Crippen molar-refractivity contribution in [2.24, 2.45) is 0 Å². The van der Waals surface area contributed by atoms with Crippen LogP contribution in [0.2, 0.25) is 0 Å². The molecule has 2 heterocycles. The van der Waals surface area contributed by atoms with Gasteiger partial charge < -0.3 is 15.0 Å². The average Bonchev–Trinajstić information content (AvgIpc) is 2.31. The van der Waals surface area contributed by atoms with Crippen molar-refractivity contribution in [2.45, 2.75) is 32.4 Å². The first-order chi connectivity index (χ1) is 9.39. The summed E-state index contributed by atoms with van der Waals surface area (Å²) in [6.45, 7) is 6.79. The number of nitriles is 1. The number of amides is 1. The molecule has 106 valence electrons. The fraction of sp³-hybridized carbons (Fsp3) is 0.500. The van der Waals surface area contributed by atoms with Crippen LogP contribution in [0.5, 0.6) is 0 Å². The van der Waals surface area contributed by atoms with Gasteiger partial charge in [0, 0.05) is 19.3 Å². The van der Waals surface area contributed by atoms with E-state index < -0.39 is 11.7 Å². The largest absolute Gasteiger partial charge is 0.444 e. The van der Waals surface area contributed by atoms with Crippen LogP contribution in [0.4, 0.5) is 10.5 Å². The molecule has 2 rings (SSSR count). The summed E-state index contributed by atoms with van der Waals surface area (Å²) in [6, 6.07) is 5.76. The van der Waals surface area contributed by atoms with E-state index in [0.29, 0.717) is 18.8 Å². The van der Waals surface area contributed by atoms with Gasteiger partial charge in [-0.05, 0) is 32.9 Å². The highest BCUT2D eigenvalue weighted by molar-refractivity contribution is 5.69. The predicted octanol–water partition coefficient (Wildman–Crippen LogP) is 1.67. The molecule has 0 unspecified atom stereocenters. The lowest BCUT2D eigenvalue weighted by atomic mass is 10.1. The van der Waals surface area contributed by atoms with E-state index in [-0.39, 0.29) is 6.04 Å². The van der Waals surface area contributed by atoms with Gasteiger partial charge in [-0.25, -0.2) is 9.78 Å². The first-order valence-corrected chi connectivity index (χ1v) is 6.48. The van der Waals surface area contributed by atoms with Gasteiger partial charge in [0.2, 0.25) is 0 Å². The molecule has 0 atom stereocenters. The zero-order chi connectivity index (χ0) is 14.8. The summed E-state index contributed by atoms with van der Waals surface area (Å²) in [5.41, 5.74) is 0.714. The number of anilines is 1. The molecule has 1 aromatic rings. The summed E-state index contributed by atoms with van der Waals surface area (Å²) in [6.07, 6.45) is 1.19. The second-order valence-corrected chi connectivity index (χ2v) is 5.73. The second kappa shape index (κ2) is 5.37. The summed E-state index contributed by atoms with van der Waals surface area (Å²) in [7, 11) is 0. The topological polar surface area (TPSA) is 78.2 Å². The molecule has 0 bridgehead atoms. The van der Waals surface area contributed by atoms with E-state index in [2.05, 4.69) is 16.4 Å². The number of hydrogen-bond donors (Lipinski definition) is 1. The smallest absolute Gasteiger partial charge is 0.407 e. The fourth-order valence-electron chi connectivity index (χ4n) is 1.98. The molecule has 1 aliphatic heterocycles. The van der Waals surface area contributed by atoms with Gasteiger partial charge in [0.05, 0.1) is 11.7 Å². The third-order valence-electron chi connectivity index (χ3n) is 2.84. The lowest BCUT2D eigenvalue weighted by Gasteiger charge is -2.41. The first kappa shape index (κ1) is 14.1. The van der Waals surface area contributed by atoms with Crippen LogP contribution in [-0.4, -0.2) is 35.8 Å². The summed E-state index contributed by atoms with van der Waals surface area (Å²) >= 11 is 0. The fourth-order valence-corrected chi connectivity index (χ4v) is 1.98. The first-order valence-electron chi connectivity index (χ1n) is 6.48. The molecule has 6 nitrogen and oxygen atoms in total. The van der Waals surface area contributed by atoms with E-state index in [4.69, 9.17) is 10.00 Å². The average molecular weight is 274 g/mol. The Labute approximate surface area is 118 Å². The molecule has 0 spiro atoms. The Morgan fingerprint density at radius 3 is 2.85 bits per heavy atom. The Kier molecular flexibility index (Phi) is 3.79. The Balaban J connectivity index is 1.86. The number of rotatable bonds is 2. The lowest BCUT2D eigenvalue weighted by Crippen LogP contribution is -2.60. The van der Waals surface area contributed by atoms with Crippen LogP contribution < -0.4 is 10.2 Å². The number of carbonyl (C=O) groups is 1. The molecule has 1 saturated heterocycles. The van der Waals surface area contributed by atoms with Crippen molar-refractivity contribution in [3.05, 3.63) is 24.0 Å². The number of aromatic nitrogens is 1. The molecule has 1 fully saturated rings. The number of hydrogen-bond acceptors (Lipinski definition) is 5. The number of alkyl carbamates (subject to hydrolysis) is 1. The third kappa shape index (κ3) is 3.38. The van der Waals surface area contributed by atoms with E-state index in [0.717, 1.165) is 5.69 Å². The van der Waals surface area contributed by atoms with Gasteiger partial charge in [0.15, 0.2) is 5.69 Å². The van der Waals surface area contributed by atoms with E-state index in [1.807, 2.05) is 31.7 Å². The standard InChI is InChI=1S/C14H18N4O2/c1-14(2,3)20-13(19)17-10-8-18(9-10)12-5-4-6-16-11(12)7-15/h4-6,10H,8-9H2,1-3H3,(H,17,19). The summed E-state index contributed by atoms with van der Waals surface area (Å²) < 4.78 is 5.20. The maximum absolute atomic E-state index is 11.6. The molecule has 0 saturated carbocycles. The Morgan fingerprint density at radius 1 is 1.55 bits per heavy atom. The van der Waals surface area contributed by atoms with Crippen molar-refractivity contribution in [2.75, 3.05) is 18.0 Å². The summed E-state index contributed by atoms with van der Waals surface area (Å²) in [5.74, 6) is 0. The molecule has 1 aromatic heterocycles. The maximum Gasteiger partial charge on any atom is 0.407 e. The summed E-state index contributed by atoms with van der Waals surface area (Å²) in [4.78, 5) is 17.6. The van der Waals surface area contributed by atoms with E-state index in [9.17, 15) is 4.79 Å². The summed E-state index contributed by atoms with van der Waals surface area (Å²) in [5, 5.41) is 11.8. The van der Waals surface area contributed by atoms with E-state index in [1.165, 1.54) is 0 Å². The molecule has 20 heavy (non-hydrogen) atoms. The minimum absolute atomic E-state index is 0.0385. The minimum atomic E-state index is -0.495. The van der Waals surface area contributed by atoms with Gasteiger partial charge in [0.1, 0.15) is 11.7 Å². The van der Waals surface area contributed by atoms with E-state index in [1.54, 1.807) is 12.3 Å². The maximum atomic E-state index is 11.6. The van der Waals surface area contributed by atoms with E-state index >= 15 is 0 Å². The second-order valence-electron chi connectivity index (χ2n) is 5.73. The molecular weight excluding hydrogens is 256 g/mol. The van der Waals surface area contributed by atoms with Crippen LogP contribution in [0, 0.1) is 11.3 Å². The third-order valence-corrected chi connectivity index (χ3v) is 2.84. The molecule has 0 aromatic carbocycles. The Morgan fingerprint density at radius 2 is 2.25 bits per heavy atom. The van der Waals surface area contributed by atoms with Crippen LogP contribution >= 0.6 is 0 Å². The number of nitrogens with one attached hydrogen (secondary N) is 1. The molecule has 0 aliphatic carbocycles. The van der Waals surface area contributed by atoms with Crippen molar-refractivity contribution in [1.82, 2.24) is 10.3 Å². The number of ether oxygens (including phenoxy) is 1. The van der Waals surface area contributed by atoms with Crippen LogP contribution in [0.25, 0.3) is 0 Å². The Bertz CT molecular complexity index is 539. The van der Waals surface area contributed by atoms with Crippen molar-refractivity contribution in [3.63, 3.8) is 0 Å². The van der Waals surface area contributed by atoms with Crippen LogP contribution in [0.3, 0.4) is 0 Å². The van der Waals surface area contributed by atoms with Crippen LogP contribution in [-0.2, 0) is 4.74 Å². The molecule has 1 aliphatic rings. The molecule has 0 radical (unpaired) electrons. The highest BCUT2D eigenvalue weighted by Crippen LogP contribution is 2.23. The highest BCUT2D eigenvalue weighted by Gasteiger charge is 2.31. The van der Waals surface area contributed by atoms with Crippen molar-refractivity contribution in [1.29, 1.82) is 5.26 Å². The van der Waals surface area contributed by atoms with Gasteiger partial charge in [-0.2, -0.15) is 5.26 Å². The van der Waals surface area contributed by atoms with Gasteiger partial charge >= 0.3 is 6.09 Å². The van der Waals surface area contributed by atoms with Crippen LogP contribution in [0.15, 0.2) is 18.3 Å². The molecular formula is C14H18N4O2. The SMILES string of the molecule is CC(C)(C)OC(=O)NC1CN(c2cccnc2C#N)C1.